The van der Waals surface area contributed by atoms with Crippen LogP contribution in [-0.2, 0) is 19.1 Å². The number of carbonyl (C=O) groups excluding carboxylic acids is 3. The van der Waals surface area contributed by atoms with E-state index in [4.69, 9.17) is 4.74 Å². The molecule has 0 aromatic carbocycles. The molecule has 2 rings (SSSR count). The van der Waals surface area contributed by atoms with Crippen LogP contribution < -0.4 is 0 Å². The zero-order chi connectivity index (χ0) is 11.9. The van der Waals surface area contributed by atoms with Crippen molar-refractivity contribution in [1.82, 2.24) is 4.90 Å². The number of esters is 1. The second-order valence-electron chi connectivity index (χ2n) is 4.45. The van der Waals surface area contributed by atoms with Crippen LogP contribution in [-0.4, -0.2) is 41.8 Å². The van der Waals surface area contributed by atoms with E-state index >= 15 is 0 Å². The van der Waals surface area contributed by atoms with Crippen LogP contribution in [0.4, 0.5) is 0 Å². The molecule has 0 bridgehead atoms. The van der Waals surface area contributed by atoms with Gasteiger partial charge >= 0.3 is 5.97 Å². The van der Waals surface area contributed by atoms with Crippen LogP contribution in [0, 0.1) is 5.41 Å². The van der Waals surface area contributed by atoms with Gasteiger partial charge in [0.15, 0.2) is 11.8 Å². The Labute approximate surface area is 93.7 Å². The molecule has 1 aliphatic heterocycles. The first kappa shape index (κ1) is 11.1. The smallest absolute Gasteiger partial charge is 0.336 e. The summed E-state index contributed by atoms with van der Waals surface area (Å²) in [6, 6.07) is -1.00. The summed E-state index contributed by atoms with van der Waals surface area (Å²) < 4.78 is 4.84. The Hall–Kier alpha value is -1.39. The lowest BCUT2D eigenvalue weighted by Gasteiger charge is -2.19. The van der Waals surface area contributed by atoms with Gasteiger partial charge in [0.25, 0.3) is 0 Å². The molecule has 0 aromatic heterocycles. The number of hydrogen-bond acceptors (Lipinski definition) is 4. The van der Waals surface area contributed by atoms with Crippen LogP contribution in [0.25, 0.3) is 0 Å². The van der Waals surface area contributed by atoms with E-state index < -0.39 is 17.4 Å². The minimum atomic E-state index is -1.00. The Kier molecular flexibility index (Phi) is 2.48. The van der Waals surface area contributed by atoms with E-state index in [1.54, 1.807) is 6.92 Å². The second kappa shape index (κ2) is 3.57. The van der Waals surface area contributed by atoms with Crippen molar-refractivity contribution < 1.29 is 19.1 Å². The first-order valence-corrected chi connectivity index (χ1v) is 5.50. The maximum atomic E-state index is 12.0. The van der Waals surface area contributed by atoms with Crippen molar-refractivity contribution in [3.05, 3.63) is 0 Å². The summed E-state index contributed by atoms with van der Waals surface area (Å²) in [7, 11) is 0. The zero-order valence-electron chi connectivity index (χ0n) is 9.49. The molecule has 16 heavy (non-hydrogen) atoms. The third-order valence-electron chi connectivity index (χ3n) is 3.32. The van der Waals surface area contributed by atoms with Crippen molar-refractivity contribution in [2.45, 2.75) is 32.7 Å². The molecule has 1 atom stereocenters. The number of carbonyl (C=O) groups is 3. The largest absolute Gasteiger partial charge is 0.464 e. The highest BCUT2D eigenvalue weighted by atomic mass is 16.5. The molecule has 1 aliphatic carbocycles. The number of amides is 1. The van der Waals surface area contributed by atoms with E-state index in [1.807, 2.05) is 0 Å². The molecule has 1 spiro atoms. The standard InChI is InChI=1S/C11H15NO4/c1-3-16-10(15)8-9(14)11(4-5-11)6-12(8)7(2)13/h8H,3-6H2,1-2H3/t8-/m1/s1. The highest BCUT2D eigenvalue weighted by molar-refractivity contribution is 6.11. The first-order chi connectivity index (χ1) is 7.52. The van der Waals surface area contributed by atoms with Crippen LogP contribution in [0.5, 0.6) is 0 Å². The Balaban J connectivity index is 2.22. The number of ether oxygens (including phenoxy) is 1. The molecule has 0 N–H and O–H groups in total. The Morgan fingerprint density at radius 3 is 2.56 bits per heavy atom. The molecular weight excluding hydrogens is 210 g/mol. The van der Waals surface area contributed by atoms with E-state index in [2.05, 4.69) is 0 Å². The summed E-state index contributed by atoms with van der Waals surface area (Å²) in [6.45, 7) is 3.66. The van der Waals surface area contributed by atoms with Gasteiger partial charge in [-0.1, -0.05) is 0 Å². The fourth-order valence-corrected chi connectivity index (χ4v) is 2.23. The van der Waals surface area contributed by atoms with E-state index in [1.165, 1.54) is 11.8 Å². The Morgan fingerprint density at radius 1 is 1.50 bits per heavy atom. The summed E-state index contributed by atoms with van der Waals surface area (Å²) >= 11 is 0. The van der Waals surface area contributed by atoms with Gasteiger partial charge in [0.05, 0.1) is 6.61 Å². The summed E-state index contributed by atoms with van der Waals surface area (Å²) in [4.78, 5) is 36.4. The number of hydrogen-bond donors (Lipinski definition) is 0. The minimum Gasteiger partial charge on any atom is -0.464 e. The van der Waals surface area contributed by atoms with E-state index in [0.717, 1.165) is 12.8 Å². The molecule has 1 saturated heterocycles. The third kappa shape index (κ3) is 1.50. The van der Waals surface area contributed by atoms with Crippen LogP contribution in [0.2, 0.25) is 0 Å². The lowest BCUT2D eigenvalue weighted by molar-refractivity contribution is -0.154. The Morgan fingerprint density at radius 2 is 2.12 bits per heavy atom. The van der Waals surface area contributed by atoms with Gasteiger partial charge in [-0.25, -0.2) is 4.79 Å². The Bertz CT molecular complexity index is 359. The molecular formula is C11H15NO4. The number of nitrogens with zero attached hydrogens (tertiary/aromatic N) is 1. The first-order valence-electron chi connectivity index (χ1n) is 5.50. The molecule has 0 radical (unpaired) electrons. The summed E-state index contributed by atoms with van der Waals surface area (Å²) in [5, 5.41) is 0. The molecule has 0 aromatic rings. The molecule has 2 fully saturated rings. The van der Waals surface area contributed by atoms with Gasteiger partial charge in [0.2, 0.25) is 5.91 Å². The van der Waals surface area contributed by atoms with E-state index in [9.17, 15) is 14.4 Å². The minimum absolute atomic E-state index is 0.138. The number of Topliss-reactive ketones (excluding diaryl/α,β-unsaturated/α-hetero) is 1. The lowest BCUT2D eigenvalue weighted by Crippen LogP contribution is -2.43. The molecule has 0 unspecified atom stereocenters. The molecule has 1 amide bonds. The van der Waals surface area contributed by atoms with Crippen molar-refractivity contribution in [1.29, 1.82) is 0 Å². The van der Waals surface area contributed by atoms with Gasteiger partial charge in [0.1, 0.15) is 0 Å². The average molecular weight is 225 g/mol. The SMILES string of the molecule is CCOC(=O)[C@H]1C(=O)C2(CC2)CN1C(C)=O. The predicted molar refractivity (Wildman–Crippen MR) is 54.5 cm³/mol. The quantitative estimate of drug-likeness (QED) is 0.495. The third-order valence-corrected chi connectivity index (χ3v) is 3.32. The van der Waals surface area contributed by atoms with Gasteiger partial charge in [-0.05, 0) is 19.8 Å². The molecule has 1 saturated carbocycles. The van der Waals surface area contributed by atoms with Crippen LogP contribution in [0.1, 0.15) is 26.7 Å². The van der Waals surface area contributed by atoms with E-state index in [0.29, 0.717) is 6.54 Å². The normalized spacial score (nSPS) is 26.0. The summed E-state index contributed by atoms with van der Waals surface area (Å²) in [6.07, 6.45) is 1.57. The number of rotatable bonds is 2. The van der Waals surface area contributed by atoms with Crippen LogP contribution in [0.3, 0.4) is 0 Å². The highest BCUT2D eigenvalue weighted by Crippen LogP contribution is 2.52. The van der Waals surface area contributed by atoms with Gasteiger partial charge in [-0.2, -0.15) is 0 Å². The highest BCUT2D eigenvalue weighted by Gasteiger charge is 2.62. The number of likely N-dealkylation sites (tertiary alicyclic amines) is 1. The molecule has 5 heteroatoms. The average Bonchev–Trinajstić information content (AvgIpc) is 2.91. The fourth-order valence-electron chi connectivity index (χ4n) is 2.23. The van der Waals surface area contributed by atoms with Gasteiger partial charge in [-0.15, -0.1) is 0 Å². The van der Waals surface area contributed by atoms with Crippen molar-refractivity contribution in [2.24, 2.45) is 5.41 Å². The van der Waals surface area contributed by atoms with Gasteiger partial charge in [-0.3, -0.25) is 9.59 Å². The van der Waals surface area contributed by atoms with Crippen LogP contribution in [0.15, 0.2) is 0 Å². The fraction of sp³-hybridized carbons (Fsp3) is 0.727. The number of ketones is 1. The molecule has 5 nitrogen and oxygen atoms in total. The molecule has 2 aliphatic rings. The van der Waals surface area contributed by atoms with Crippen LogP contribution >= 0.6 is 0 Å². The topological polar surface area (TPSA) is 63.7 Å². The van der Waals surface area contributed by atoms with E-state index in [-0.39, 0.29) is 18.3 Å². The van der Waals surface area contributed by atoms with Gasteiger partial charge in [0, 0.05) is 18.9 Å². The van der Waals surface area contributed by atoms with Crippen molar-refractivity contribution in [3.8, 4) is 0 Å². The molecule has 1 heterocycles. The monoisotopic (exact) mass is 225 g/mol. The summed E-state index contributed by atoms with van der Waals surface area (Å²) in [5.74, 6) is -0.970. The van der Waals surface area contributed by atoms with Crippen molar-refractivity contribution in [2.75, 3.05) is 13.2 Å². The van der Waals surface area contributed by atoms with Gasteiger partial charge < -0.3 is 9.64 Å². The maximum absolute atomic E-state index is 12.0. The second-order valence-corrected chi connectivity index (χ2v) is 4.45. The molecule has 88 valence electrons. The van der Waals surface area contributed by atoms with Crippen molar-refractivity contribution in [3.63, 3.8) is 0 Å². The lowest BCUT2D eigenvalue weighted by atomic mass is 10.0. The zero-order valence-corrected chi connectivity index (χ0v) is 9.49. The summed E-state index contributed by atoms with van der Waals surface area (Å²) in [5.41, 5.74) is -0.427. The predicted octanol–water partition coefficient (Wildman–Crippen LogP) is 0.129. The van der Waals surface area contributed by atoms with Crippen molar-refractivity contribution >= 4 is 17.7 Å². The maximum Gasteiger partial charge on any atom is 0.336 e.